The largest absolute Gasteiger partial charge is 0.322 e. The second kappa shape index (κ2) is 5.42. The number of fused-ring (bicyclic) bond motifs is 1. The van der Waals surface area contributed by atoms with Gasteiger partial charge in [-0.1, -0.05) is 35.9 Å². The molecular formula is C16H13ClN3O+. The molecule has 0 aliphatic carbocycles. The van der Waals surface area contributed by atoms with E-state index in [1.54, 1.807) is 30.3 Å². The lowest BCUT2D eigenvalue weighted by Crippen LogP contribution is -2.21. The van der Waals surface area contributed by atoms with Crippen molar-refractivity contribution in [2.24, 2.45) is 0 Å². The highest BCUT2D eigenvalue weighted by molar-refractivity contribution is 6.31. The van der Waals surface area contributed by atoms with E-state index in [-0.39, 0.29) is 5.91 Å². The molecule has 0 unspecified atom stereocenters. The molecule has 0 aliphatic heterocycles. The highest BCUT2D eigenvalue weighted by Gasteiger charge is 2.16. The third kappa shape index (κ3) is 2.80. The fourth-order valence-corrected chi connectivity index (χ4v) is 2.33. The Bertz CT molecular complexity index is 833. The van der Waals surface area contributed by atoms with Crippen molar-refractivity contribution < 1.29 is 9.78 Å². The summed E-state index contributed by atoms with van der Waals surface area (Å²) in [6.45, 7) is 0. The number of halogens is 1. The highest BCUT2D eigenvalue weighted by atomic mass is 35.5. The van der Waals surface area contributed by atoms with Crippen molar-refractivity contribution in [1.29, 1.82) is 0 Å². The molecule has 104 valence electrons. The van der Waals surface area contributed by atoms with E-state index in [4.69, 9.17) is 17.3 Å². The van der Waals surface area contributed by atoms with Crippen LogP contribution in [-0.2, 0) is 0 Å². The SMILES string of the molecule is Nc1[nH+]c2ccccc2cc1C(=O)Nc1cccc(Cl)c1. The van der Waals surface area contributed by atoms with Crippen LogP contribution in [-0.4, -0.2) is 5.91 Å². The van der Waals surface area contributed by atoms with Crippen molar-refractivity contribution in [2.75, 3.05) is 11.1 Å². The van der Waals surface area contributed by atoms with Gasteiger partial charge in [0.05, 0.1) is 0 Å². The topological polar surface area (TPSA) is 69.3 Å². The molecule has 0 spiro atoms. The summed E-state index contributed by atoms with van der Waals surface area (Å²) in [5.41, 5.74) is 7.83. The van der Waals surface area contributed by atoms with Crippen LogP contribution in [0.2, 0.25) is 5.02 Å². The predicted molar refractivity (Wildman–Crippen MR) is 84.3 cm³/mol. The molecular weight excluding hydrogens is 286 g/mol. The number of aromatic nitrogens is 1. The van der Waals surface area contributed by atoms with Crippen LogP contribution in [0.3, 0.4) is 0 Å². The summed E-state index contributed by atoms with van der Waals surface area (Å²) >= 11 is 5.90. The second-order valence-corrected chi connectivity index (χ2v) is 5.08. The van der Waals surface area contributed by atoms with Gasteiger partial charge in [0, 0.05) is 16.1 Å². The molecule has 1 aromatic heterocycles. The Kier molecular flexibility index (Phi) is 3.46. The Labute approximate surface area is 126 Å². The van der Waals surface area contributed by atoms with Crippen molar-refractivity contribution in [2.45, 2.75) is 0 Å². The van der Waals surface area contributed by atoms with Crippen LogP contribution in [0.5, 0.6) is 0 Å². The van der Waals surface area contributed by atoms with Crippen molar-refractivity contribution in [3.63, 3.8) is 0 Å². The molecule has 3 aromatic rings. The first-order valence-corrected chi connectivity index (χ1v) is 6.79. The molecule has 0 saturated carbocycles. The van der Waals surface area contributed by atoms with Gasteiger partial charge in [-0.2, -0.15) is 0 Å². The van der Waals surface area contributed by atoms with Gasteiger partial charge < -0.3 is 5.32 Å². The molecule has 1 heterocycles. The fraction of sp³-hybridized carbons (Fsp3) is 0. The number of nitrogens with two attached hydrogens (primary N) is 1. The first-order chi connectivity index (χ1) is 10.1. The minimum Gasteiger partial charge on any atom is -0.322 e. The maximum absolute atomic E-state index is 12.3. The Balaban J connectivity index is 1.96. The molecule has 0 radical (unpaired) electrons. The highest BCUT2D eigenvalue weighted by Crippen LogP contribution is 2.18. The Hall–Kier alpha value is -2.59. The molecule has 0 aliphatic rings. The minimum absolute atomic E-state index is 0.281. The fourth-order valence-electron chi connectivity index (χ4n) is 2.13. The Morgan fingerprint density at radius 1 is 1.10 bits per heavy atom. The molecule has 3 rings (SSSR count). The molecule has 0 atom stereocenters. The minimum atomic E-state index is -0.281. The lowest BCUT2D eigenvalue weighted by Gasteiger charge is -2.06. The number of para-hydroxylation sites is 1. The summed E-state index contributed by atoms with van der Waals surface area (Å²) in [6, 6.07) is 16.4. The van der Waals surface area contributed by atoms with Crippen LogP contribution in [0.15, 0.2) is 54.6 Å². The lowest BCUT2D eigenvalue weighted by molar-refractivity contribution is -0.326. The molecule has 0 fully saturated rings. The Morgan fingerprint density at radius 3 is 2.71 bits per heavy atom. The van der Waals surface area contributed by atoms with Crippen molar-refractivity contribution in [3.05, 3.63) is 65.2 Å². The molecule has 21 heavy (non-hydrogen) atoms. The number of hydrogen-bond donors (Lipinski definition) is 2. The number of H-pyrrole nitrogens is 1. The molecule has 1 amide bonds. The third-order valence-electron chi connectivity index (χ3n) is 3.15. The lowest BCUT2D eigenvalue weighted by atomic mass is 10.1. The maximum Gasteiger partial charge on any atom is 0.283 e. The van der Waals surface area contributed by atoms with E-state index in [1.165, 1.54) is 0 Å². The summed E-state index contributed by atoms with van der Waals surface area (Å²) in [7, 11) is 0. The smallest absolute Gasteiger partial charge is 0.283 e. The van der Waals surface area contributed by atoms with E-state index >= 15 is 0 Å². The van der Waals surface area contributed by atoms with Gasteiger partial charge in [-0.05, 0) is 30.3 Å². The van der Waals surface area contributed by atoms with Gasteiger partial charge in [0.1, 0.15) is 11.1 Å². The zero-order chi connectivity index (χ0) is 14.8. The van der Waals surface area contributed by atoms with Gasteiger partial charge in [0.15, 0.2) is 0 Å². The Morgan fingerprint density at radius 2 is 1.90 bits per heavy atom. The van der Waals surface area contributed by atoms with Gasteiger partial charge in [-0.15, -0.1) is 0 Å². The van der Waals surface area contributed by atoms with Crippen LogP contribution >= 0.6 is 11.6 Å². The number of amides is 1. The first-order valence-electron chi connectivity index (χ1n) is 6.41. The van der Waals surface area contributed by atoms with Crippen molar-refractivity contribution in [3.8, 4) is 0 Å². The van der Waals surface area contributed by atoms with Crippen LogP contribution < -0.4 is 16.0 Å². The zero-order valence-corrected chi connectivity index (χ0v) is 11.8. The van der Waals surface area contributed by atoms with Gasteiger partial charge >= 0.3 is 0 Å². The normalized spacial score (nSPS) is 10.5. The summed E-state index contributed by atoms with van der Waals surface area (Å²) in [6.07, 6.45) is 0. The first kappa shape index (κ1) is 13.4. The number of carbonyl (C=O) groups is 1. The van der Waals surface area contributed by atoms with Crippen LogP contribution in [0, 0.1) is 0 Å². The van der Waals surface area contributed by atoms with Gasteiger partial charge in [0.2, 0.25) is 0 Å². The van der Waals surface area contributed by atoms with Crippen molar-refractivity contribution in [1.82, 2.24) is 0 Å². The van der Waals surface area contributed by atoms with E-state index in [9.17, 15) is 4.79 Å². The average Bonchev–Trinajstić information content (AvgIpc) is 2.46. The summed E-state index contributed by atoms with van der Waals surface area (Å²) < 4.78 is 0. The number of carbonyl (C=O) groups excluding carboxylic acids is 1. The number of benzene rings is 2. The van der Waals surface area contributed by atoms with Gasteiger partial charge in [-0.3, -0.25) is 10.5 Å². The number of pyridine rings is 1. The second-order valence-electron chi connectivity index (χ2n) is 4.65. The molecule has 4 N–H and O–H groups in total. The molecule has 0 bridgehead atoms. The number of nitrogens with one attached hydrogen (secondary N) is 2. The monoisotopic (exact) mass is 298 g/mol. The number of aromatic amines is 1. The quantitative estimate of drug-likeness (QED) is 0.763. The van der Waals surface area contributed by atoms with Gasteiger partial charge in [-0.25, -0.2) is 4.98 Å². The third-order valence-corrected chi connectivity index (χ3v) is 3.38. The van der Waals surface area contributed by atoms with Crippen LogP contribution in [0.25, 0.3) is 10.9 Å². The van der Waals surface area contributed by atoms with Crippen LogP contribution in [0.1, 0.15) is 10.4 Å². The number of nitrogen functional groups attached to an aromatic ring is 1. The van der Waals surface area contributed by atoms with Crippen molar-refractivity contribution >= 4 is 39.9 Å². The molecule has 4 nitrogen and oxygen atoms in total. The van der Waals surface area contributed by atoms with E-state index in [2.05, 4.69) is 10.3 Å². The van der Waals surface area contributed by atoms with E-state index < -0.39 is 0 Å². The molecule has 5 heteroatoms. The summed E-state index contributed by atoms with van der Waals surface area (Å²) in [5, 5.41) is 4.26. The predicted octanol–water partition coefficient (Wildman–Crippen LogP) is 3.14. The van der Waals surface area contributed by atoms with E-state index in [0.29, 0.717) is 22.1 Å². The maximum atomic E-state index is 12.3. The zero-order valence-electron chi connectivity index (χ0n) is 11.1. The van der Waals surface area contributed by atoms with E-state index in [1.807, 2.05) is 24.3 Å². The number of rotatable bonds is 2. The standard InChI is InChI=1S/C16H12ClN3O/c17-11-5-3-6-12(9-11)19-16(21)13-8-10-4-1-2-7-14(10)20-15(13)18/h1-9H,(H2,18,20)(H,19,21)/p+1. The average molecular weight is 299 g/mol. The van der Waals surface area contributed by atoms with Gasteiger partial charge in [0.25, 0.3) is 11.7 Å². The molecule has 0 saturated heterocycles. The van der Waals surface area contributed by atoms with E-state index in [0.717, 1.165) is 10.9 Å². The van der Waals surface area contributed by atoms with Crippen LogP contribution in [0.4, 0.5) is 11.5 Å². The summed E-state index contributed by atoms with van der Waals surface area (Å²) in [5.74, 6) is 0.0463. The number of hydrogen-bond acceptors (Lipinski definition) is 2. The summed E-state index contributed by atoms with van der Waals surface area (Å²) in [4.78, 5) is 15.4. The molecule has 2 aromatic carbocycles. The number of anilines is 2.